The second kappa shape index (κ2) is 5.72. The number of ether oxygens (including phenoxy) is 1. The summed E-state index contributed by atoms with van der Waals surface area (Å²) in [6, 6.07) is 7.99. The van der Waals surface area contributed by atoms with Gasteiger partial charge in [-0.25, -0.2) is 4.98 Å². The van der Waals surface area contributed by atoms with E-state index in [4.69, 9.17) is 4.74 Å². The minimum absolute atomic E-state index is 0.126. The van der Waals surface area contributed by atoms with E-state index in [0.717, 1.165) is 48.3 Å². The van der Waals surface area contributed by atoms with E-state index in [1.54, 1.807) is 14.0 Å². The zero-order valence-corrected chi connectivity index (χ0v) is 12.5. The molecule has 0 aliphatic carbocycles. The Labute approximate surface area is 124 Å². The highest BCUT2D eigenvalue weighted by atomic mass is 16.5. The summed E-state index contributed by atoms with van der Waals surface area (Å²) >= 11 is 0. The molecule has 0 radical (unpaired) electrons. The van der Waals surface area contributed by atoms with Crippen molar-refractivity contribution in [1.82, 2.24) is 4.98 Å². The number of piperidine rings is 1. The Balaban J connectivity index is 2.02. The van der Waals surface area contributed by atoms with Crippen molar-refractivity contribution in [3.63, 3.8) is 0 Å². The number of anilines is 1. The van der Waals surface area contributed by atoms with Crippen LogP contribution in [0.15, 0.2) is 30.5 Å². The lowest BCUT2D eigenvalue weighted by Crippen LogP contribution is -2.38. The summed E-state index contributed by atoms with van der Waals surface area (Å²) in [7, 11) is 1.68. The molecule has 1 aliphatic rings. The SMILES string of the molecule is COc1cccc2c(N3CCCC(C(C)=O)C3)nccc12. The molecule has 1 aromatic carbocycles. The van der Waals surface area contributed by atoms with Crippen molar-refractivity contribution in [2.45, 2.75) is 19.8 Å². The highest BCUT2D eigenvalue weighted by Crippen LogP contribution is 2.32. The van der Waals surface area contributed by atoms with E-state index in [-0.39, 0.29) is 11.7 Å². The number of carbonyl (C=O) groups excluding carboxylic acids is 1. The molecule has 0 saturated carbocycles. The molecule has 0 spiro atoms. The Morgan fingerprint density at radius 2 is 2.19 bits per heavy atom. The third-order valence-corrected chi connectivity index (χ3v) is 4.26. The minimum atomic E-state index is 0.126. The summed E-state index contributed by atoms with van der Waals surface area (Å²) < 4.78 is 5.43. The van der Waals surface area contributed by atoms with Crippen LogP contribution >= 0.6 is 0 Å². The van der Waals surface area contributed by atoms with Crippen LogP contribution < -0.4 is 9.64 Å². The zero-order chi connectivity index (χ0) is 14.8. The molecular formula is C17H20N2O2. The molecule has 4 heteroatoms. The van der Waals surface area contributed by atoms with Crippen molar-refractivity contribution in [1.29, 1.82) is 0 Å². The third kappa shape index (κ3) is 2.58. The highest BCUT2D eigenvalue weighted by molar-refractivity contribution is 5.96. The minimum Gasteiger partial charge on any atom is -0.496 e. The number of benzene rings is 1. The lowest BCUT2D eigenvalue weighted by molar-refractivity contribution is -0.120. The largest absolute Gasteiger partial charge is 0.496 e. The maximum absolute atomic E-state index is 11.7. The van der Waals surface area contributed by atoms with Crippen molar-refractivity contribution >= 4 is 22.4 Å². The van der Waals surface area contributed by atoms with E-state index in [2.05, 4.69) is 16.0 Å². The van der Waals surface area contributed by atoms with Crippen LogP contribution in [0.5, 0.6) is 5.75 Å². The standard InChI is InChI=1S/C17H20N2O2/c1-12(20)13-5-4-10-19(11-13)17-15-6-3-7-16(21-2)14(15)8-9-18-17/h3,6-9,13H,4-5,10-11H2,1-2H3. The number of methoxy groups -OCH3 is 1. The van der Waals surface area contributed by atoms with Gasteiger partial charge in [-0.1, -0.05) is 12.1 Å². The van der Waals surface area contributed by atoms with Gasteiger partial charge in [-0.05, 0) is 31.9 Å². The summed E-state index contributed by atoms with van der Waals surface area (Å²) in [6.07, 6.45) is 3.84. The maximum Gasteiger partial charge on any atom is 0.136 e. The number of hydrogen-bond donors (Lipinski definition) is 0. The molecule has 0 N–H and O–H groups in total. The quantitative estimate of drug-likeness (QED) is 0.869. The summed E-state index contributed by atoms with van der Waals surface area (Å²) in [4.78, 5) is 18.5. The van der Waals surface area contributed by atoms with E-state index < -0.39 is 0 Å². The highest BCUT2D eigenvalue weighted by Gasteiger charge is 2.25. The van der Waals surface area contributed by atoms with Gasteiger partial charge in [-0.2, -0.15) is 0 Å². The van der Waals surface area contributed by atoms with E-state index in [0.29, 0.717) is 0 Å². The van der Waals surface area contributed by atoms with Crippen molar-refractivity contribution in [3.05, 3.63) is 30.5 Å². The Hall–Kier alpha value is -2.10. The molecule has 1 aliphatic heterocycles. The first-order valence-electron chi connectivity index (χ1n) is 7.38. The van der Waals surface area contributed by atoms with E-state index in [1.165, 1.54) is 0 Å². The fourth-order valence-electron chi connectivity index (χ4n) is 3.09. The second-order valence-corrected chi connectivity index (χ2v) is 5.59. The van der Waals surface area contributed by atoms with Crippen LogP contribution in [0.25, 0.3) is 10.8 Å². The van der Waals surface area contributed by atoms with Crippen LogP contribution in [-0.2, 0) is 4.79 Å². The number of rotatable bonds is 3. The lowest BCUT2D eigenvalue weighted by atomic mass is 9.94. The van der Waals surface area contributed by atoms with Gasteiger partial charge in [-0.15, -0.1) is 0 Å². The number of pyridine rings is 1. The van der Waals surface area contributed by atoms with Crippen LogP contribution in [0.1, 0.15) is 19.8 Å². The first kappa shape index (κ1) is 13.9. The number of carbonyl (C=O) groups is 1. The predicted molar refractivity (Wildman–Crippen MR) is 83.9 cm³/mol. The number of fused-ring (bicyclic) bond motifs is 1. The van der Waals surface area contributed by atoms with Crippen LogP contribution in [0.2, 0.25) is 0 Å². The summed E-state index contributed by atoms with van der Waals surface area (Å²) in [5.41, 5.74) is 0. The Bertz CT molecular complexity index is 669. The van der Waals surface area contributed by atoms with Gasteiger partial charge in [0.25, 0.3) is 0 Å². The van der Waals surface area contributed by atoms with Gasteiger partial charge in [0.1, 0.15) is 17.4 Å². The number of nitrogens with zero attached hydrogens (tertiary/aromatic N) is 2. The number of ketones is 1. The van der Waals surface area contributed by atoms with Crippen LogP contribution in [0.3, 0.4) is 0 Å². The first-order chi connectivity index (χ1) is 10.2. The van der Waals surface area contributed by atoms with Crippen molar-refractivity contribution < 1.29 is 9.53 Å². The van der Waals surface area contributed by atoms with Gasteiger partial charge >= 0.3 is 0 Å². The van der Waals surface area contributed by atoms with Gasteiger partial charge in [0, 0.05) is 36.0 Å². The molecule has 2 aromatic rings. The molecule has 110 valence electrons. The molecule has 0 amide bonds. The molecule has 1 aromatic heterocycles. The van der Waals surface area contributed by atoms with Crippen LogP contribution in [-0.4, -0.2) is 31.0 Å². The number of hydrogen-bond acceptors (Lipinski definition) is 4. The fraction of sp³-hybridized carbons (Fsp3) is 0.412. The number of Topliss-reactive ketones (excluding diaryl/α,β-unsaturated/α-hetero) is 1. The summed E-state index contributed by atoms with van der Waals surface area (Å²) in [5, 5.41) is 2.15. The van der Waals surface area contributed by atoms with Gasteiger partial charge in [-0.3, -0.25) is 4.79 Å². The predicted octanol–water partition coefficient (Wildman–Crippen LogP) is 3.05. The van der Waals surface area contributed by atoms with Gasteiger partial charge in [0.15, 0.2) is 0 Å². The lowest BCUT2D eigenvalue weighted by Gasteiger charge is -2.33. The molecular weight excluding hydrogens is 264 g/mol. The Kier molecular flexibility index (Phi) is 3.78. The van der Waals surface area contributed by atoms with Crippen LogP contribution in [0, 0.1) is 5.92 Å². The molecule has 0 bridgehead atoms. The molecule has 21 heavy (non-hydrogen) atoms. The molecule has 3 rings (SSSR count). The van der Waals surface area contributed by atoms with Crippen molar-refractivity contribution in [2.24, 2.45) is 5.92 Å². The third-order valence-electron chi connectivity index (χ3n) is 4.26. The maximum atomic E-state index is 11.7. The first-order valence-corrected chi connectivity index (χ1v) is 7.38. The van der Waals surface area contributed by atoms with Gasteiger partial charge in [0.05, 0.1) is 7.11 Å². The Morgan fingerprint density at radius 1 is 1.33 bits per heavy atom. The van der Waals surface area contributed by atoms with E-state index in [9.17, 15) is 4.79 Å². The number of aromatic nitrogens is 1. The average Bonchev–Trinajstić information content (AvgIpc) is 2.53. The summed E-state index contributed by atoms with van der Waals surface area (Å²) in [5.74, 6) is 2.22. The van der Waals surface area contributed by atoms with Crippen molar-refractivity contribution in [3.8, 4) is 5.75 Å². The second-order valence-electron chi connectivity index (χ2n) is 5.59. The average molecular weight is 284 g/mol. The monoisotopic (exact) mass is 284 g/mol. The molecule has 1 saturated heterocycles. The van der Waals surface area contributed by atoms with E-state index in [1.807, 2.05) is 24.4 Å². The van der Waals surface area contributed by atoms with Gasteiger partial charge < -0.3 is 9.64 Å². The molecule has 2 heterocycles. The summed E-state index contributed by atoms with van der Waals surface area (Å²) in [6.45, 7) is 3.40. The molecule has 4 nitrogen and oxygen atoms in total. The van der Waals surface area contributed by atoms with Crippen LogP contribution in [0.4, 0.5) is 5.82 Å². The fourth-order valence-corrected chi connectivity index (χ4v) is 3.09. The molecule has 1 atom stereocenters. The topological polar surface area (TPSA) is 42.4 Å². The zero-order valence-electron chi connectivity index (χ0n) is 12.5. The molecule has 1 unspecified atom stereocenters. The van der Waals surface area contributed by atoms with Gasteiger partial charge in [0.2, 0.25) is 0 Å². The van der Waals surface area contributed by atoms with Crippen molar-refractivity contribution in [2.75, 3.05) is 25.1 Å². The van der Waals surface area contributed by atoms with E-state index >= 15 is 0 Å². The smallest absolute Gasteiger partial charge is 0.136 e. The molecule has 1 fully saturated rings. The Morgan fingerprint density at radius 3 is 2.95 bits per heavy atom. The normalized spacial score (nSPS) is 18.8.